The van der Waals surface area contributed by atoms with Crippen LogP contribution in [-0.2, 0) is 16.1 Å². The summed E-state index contributed by atoms with van der Waals surface area (Å²) in [4.78, 5) is 11.8. The van der Waals surface area contributed by atoms with Gasteiger partial charge in [0.2, 0.25) is 0 Å². The fourth-order valence-electron chi connectivity index (χ4n) is 2.19. The molecule has 0 saturated heterocycles. The molecule has 3 aromatic rings. The first-order valence-corrected chi connectivity index (χ1v) is 7.90. The Hall–Kier alpha value is -2.33. The van der Waals surface area contributed by atoms with Crippen LogP contribution < -0.4 is 4.74 Å². The van der Waals surface area contributed by atoms with Gasteiger partial charge in [-0.1, -0.05) is 30.3 Å². The molecule has 0 N–H and O–H groups in total. The van der Waals surface area contributed by atoms with Gasteiger partial charge in [0.25, 0.3) is 0 Å². The molecule has 0 aliphatic heterocycles. The molecule has 0 atom stereocenters. The van der Waals surface area contributed by atoms with Crippen molar-refractivity contribution in [3.8, 4) is 5.75 Å². The number of fused-ring (bicyclic) bond motifs is 1. The summed E-state index contributed by atoms with van der Waals surface area (Å²) in [5.41, 5.74) is 2.13. The van der Waals surface area contributed by atoms with Gasteiger partial charge >= 0.3 is 5.97 Å². The second-order valence-electron chi connectivity index (χ2n) is 5.02. The lowest BCUT2D eigenvalue weighted by Crippen LogP contribution is -2.14. The first-order chi connectivity index (χ1) is 10.7. The molecule has 0 aliphatic carbocycles. The second kappa shape index (κ2) is 6.62. The van der Waals surface area contributed by atoms with E-state index in [0.29, 0.717) is 5.75 Å². The molecule has 0 bridgehead atoms. The van der Waals surface area contributed by atoms with E-state index in [0.717, 1.165) is 16.5 Å². The molecule has 1 aromatic heterocycles. The molecule has 0 fully saturated rings. The summed E-state index contributed by atoms with van der Waals surface area (Å²) in [5.74, 6) is 0.315. The maximum atomic E-state index is 11.8. The number of thiophene rings is 1. The summed E-state index contributed by atoms with van der Waals surface area (Å²) in [6.45, 7) is 2.18. The topological polar surface area (TPSA) is 35.5 Å². The third-order valence-corrected chi connectivity index (χ3v) is 4.31. The quantitative estimate of drug-likeness (QED) is 0.658. The van der Waals surface area contributed by atoms with E-state index in [9.17, 15) is 4.79 Å². The van der Waals surface area contributed by atoms with E-state index in [1.165, 1.54) is 4.70 Å². The number of hydrogen-bond donors (Lipinski definition) is 0. The van der Waals surface area contributed by atoms with Crippen LogP contribution >= 0.6 is 11.3 Å². The van der Waals surface area contributed by atoms with E-state index in [4.69, 9.17) is 9.47 Å². The summed E-state index contributed by atoms with van der Waals surface area (Å²) < 4.78 is 11.9. The summed E-state index contributed by atoms with van der Waals surface area (Å²) in [6, 6.07) is 15.7. The average molecular weight is 312 g/mol. The highest BCUT2D eigenvalue weighted by Crippen LogP contribution is 2.26. The maximum absolute atomic E-state index is 11.8. The van der Waals surface area contributed by atoms with Gasteiger partial charge in [-0.25, -0.2) is 4.79 Å². The first kappa shape index (κ1) is 14.6. The van der Waals surface area contributed by atoms with Crippen LogP contribution in [0, 0.1) is 6.92 Å². The Balaban J connectivity index is 1.54. The Morgan fingerprint density at radius 2 is 2.00 bits per heavy atom. The Labute approximate surface area is 133 Å². The zero-order valence-electron chi connectivity index (χ0n) is 12.2. The Morgan fingerprint density at radius 1 is 1.14 bits per heavy atom. The third-order valence-electron chi connectivity index (χ3n) is 3.30. The van der Waals surface area contributed by atoms with Crippen molar-refractivity contribution in [3.05, 3.63) is 65.0 Å². The molecule has 2 aromatic carbocycles. The zero-order chi connectivity index (χ0) is 15.4. The minimum Gasteiger partial charge on any atom is -0.482 e. The number of carbonyl (C=O) groups is 1. The Bertz CT molecular complexity index is 792. The van der Waals surface area contributed by atoms with Crippen molar-refractivity contribution in [2.75, 3.05) is 6.61 Å². The minimum absolute atomic E-state index is 0.0779. The van der Waals surface area contributed by atoms with Crippen molar-refractivity contribution in [2.45, 2.75) is 13.5 Å². The number of esters is 1. The number of hydrogen-bond acceptors (Lipinski definition) is 4. The van der Waals surface area contributed by atoms with Crippen molar-refractivity contribution in [1.29, 1.82) is 0 Å². The van der Waals surface area contributed by atoms with Gasteiger partial charge in [0.05, 0.1) is 0 Å². The van der Waals surface area contributed by atoms with Gasteiger partial charge in [0, 0.05) is 10.3 Å². The summed E-state index contributed by atoms with van der Waals surface area (Å²) in [5, 5.41) is 3.17. The van der Waals surface area contributed by atoms with Gasteiger partial charge < -0.3 is 9.47 Å². The highest BCUT2D eigenvalue weighted by atomic mass is 32.1. The minimum atomic E-state index is -0.364. The molecule has 3 nitrogen and oxygen atoms in total. The molecule has 3 rings (SSSR count). The fraction of sp³-hybridized carbons (Fsp3) is 0.167. The predicted molar refractivity (Wildman–Crippen MR) is 88.3 cm³/mol. The van der Waals surface area contributed by atoms with Gasteiger partial charge in [0.1, 0.15) is 12.4 Å². The van der Waals surface area contributed by atoms with Gasteiger partial charge in [-0.05, 0) is 41.5 Å². The van der Waals surface area contributed by atoms with Crippen molar-refractivity contribution in [2.24, 2.45) is 0 Å². The Kier molecular flexibility index (Phi) is 4.39. The van der Waals surface area contributed by atoms with Gasteiger partial charge in [-0.2, -0.15) is 0 Å². The van der Waals surface area contributed by atoms with Crippen LogP contribution in [-0.4, -0.2) is 12.6 Å². The number of benzene rings is 2. The number of rotatable bonds is 5. The van der Waals surface area contributed by atoms with Gasteiger partial charge in [-0.3, -0.25) is 0 Å². The summed E-state index contributed by atoms with van der Waals surface area (Å²) >= 11 is 1.65. The van der Waals surface area contributed by atoms with Crippen molar-refractivity contribution in [1.82, 2.24) is 0 Å². The monoisotopic (exact) mass is 312 g/mol. The van der Waals surface area contributed by atoms with Crippen LogP contribution in [0.4, 0.5) is 0 Å². The van der Waals surface area contributed by atoms with Gasteiger partial charge in [-0.15, -0.1) is 11.3 Å². The molecular formula is C18H16O3S. The van der Waals surface area contributed by atoms with Crippen molar-refractivity contribution >= 4 is 27.4 Å². The van der Waals surface area contributed by atoms with Crippen LogP contribution in [0.5, 0.6) is 5.75 Å². The first-order valence-electron chi connectivity index (χ1n) is 7.02. The molecule has 0 spiro atoms. The molecule has 0 saturated carbocycles. The van der Waals surface area contributed by atoms with Crippen LogP contribution in [0.3, 0.4) is 0 Å². The highest BCUT2D eigenvalue weighted by Gasteiger charge is 2.08. The molecule has 112 valence electrons. The molecular weight excluding hydrogens is 296 g/mol. The lowest BCUT2D eigenvalue weighted by Gasteiger charge is -2.07. The molecule has 0 aliphatic rings. The lowest BCUT2D eigenvalue weighted by molar-refractivity contribution is -0.147. The molecule has 22 heavy (non-hydrogen) atoms. The normalized spacial score (nSPS) is 10.6. The van der Waals surface area contributed by atoms with Crippen molar-refractivity contribution < 1.29 is 14.3 Å². The van der Waals surface area contributed by atoms with Crippen LogP contribution in [0.25, 0.3) is 10.1 Å². The summed E-state index contributed by atoms with van der Waals surface area (Å²) in [7, 11) is 0. The highest BCUT2D eigenvalue weighted by molar-refractivity contribution is 7.17. The van der Waals surface area contributed by atoms with Crippen LogP contribution in [0.2, 0.25) is 0 Å². The molecule has 0 radical (unpaired) electrons. The SMILES string of the molecule is Cc1cccc(OCC(=O)OCc2csc3ccccc23)c1. The predicted octanol–water partition coefficient (Wildman–Crippen LogP) is 4.33. The lowest BCUT2D eigenvalue weighted by atomic mass is 10.2. The fourth-order valence-corrected chi connectivity index (χ4v) is 3.14. The van der Waals surface area contributed by atoms with Crippen LogP contribution in [0.1, 0.15) is 11.1 Å². The molecule has 1 heterocycles. The number of ether oxygens (including phenoxy) is 2. The molecule has 0 unspecified atom stereocenters. The van der Waals surface area contributed by atoms with E-state index in [-0.39, 0.29) is 19.2 Å². The average Bonchev–Trinajstić information content (AvgIpc) is 2.94. The third kappa shape index (κ3) is 3.46. The maximum Gasteiger partial charge on any atom is 0.344 e. The van der Waals surface area contributed by atoms with Crippen molar-refractivity contribution in [3.63, 3.8) is 0 Å². The molecule has 4 heteroatoms. The van der Waals surface area contributed by atoms with E-state index < -0.39 is 0 Å². The zero-order valence-corrected chi connectivity index (χ0v) is 13.1. The van der Waals surface area contributed by atoms with Crippen LogP contribution in [0.15, 0.2) is 53.9 Å². The largest absolute Gasteiger partial charge is 0.482 e. The second-order valence-corrected chi connectivity index (χ2v) is 5.93. The number of aryl methyl sites for hydroxylation is 1. The van der Waals surface area contributed by atoms with E-state index >= 15 is 0 Å². The summed E-state index contributed by atoms with van der Waals surface area (Å²) in [6.07, 6.45) is 0. The number of carbonyl (C=O) groups excluding carboxylic acids is 1. The van der Waals surface area contributed by atoms with E-state index in [2.05, 4.69) is 6.07 Å². The molecule has 0 amide bonds. The van der Waals surface area contributed by atoms with E-state index in [1.54, 1.807) is 11.3 Å². The smallest absolute Gasteiger partial charge is 0.344 e. The van der Waals surface area contributed by atoms with Gasteiger partial charge in [0.15, 0.2) is 6.61 Å². The standard InChI is InChI=1S/C18H16O3S/c1-13-5-4-6-15(9-13)20-11-18(19)21-10-14-12-22-17-8-3-2-7-16(14)17/h2-9,12H,10-11H2,1H3. The van der Waals surface area contributed by atoms with E-state index in [1.807, 2.05) is 54.8 Å². The Morgan fingerprint density at radius 3 is 2.86 bits per heavy atom.